The van der Waals surface area contributed by atoms with Crippen molar-refractivity contribution in [2.24, 2.45) is 4.99 Å². The van der Waals surface area contributed by atoms with Crippen LogP contribution in [0.5, 0.6) is 0 Å². The molecule has 0 saturated heterocycles. The highest BCUT2D eigenvalue weighted by molar-refractivity contribution is 6.44. The third kappa shape index (κ3) is 3.58. The fraction of sp³-hybridized carbons (Fsp3) is 0.105. The SMILES string of the molecule is Cc1cc(=O)n2c(n1)NC(Nc1cccc(Cl)c1Cl)=N[C@@H]2c1ccc(Cl)cc1. The highest BCUT2D eigenvalue weighted by Crippen LogP contribution is 2.31. The van der Waals surface area contributed by atoms with Gasteiger partial charge in [-0.3, -0.25) is 14.7 Å². The van der Waals surface area contributed by atoms with E-state index in [2.05, 4.69) is 20.6 Å². The van der Waals surface area contributed by atoms with Crippen LogP contribution in [0.25, 0.3) is 0 Å². The van der Waals surface area contributed by atoms with Crippen LogP contribution in [-0.2, 0) is 0 Å². The number of fused-ring (bicyclic) bond motifs is 1. The Bertz CT molecular complexity index is 1140. The highest BCUT2D eigenvalue weighted by Gasteiger charge is 2.25. The average molecular weight is 435 g/mol. The quantitative estimate of drug-likeness (QED) is 0.598. The fourth-order valence-electron chi connectivity index (χ4n) is 2.90. The zero-order chi connectivity index (χ0) is 19.8. The number of anilines is 2. The van der Waals surface area contributed by atoms with Gasteiger partial charge in [0.25, 0.3) is 5.56 Å². The van der Waals surface area contributed by atoms with Crippen molar-refractivity contribution in [1.82, 2.24) is 9.55 Å². The molecule has 1 aliphatic rings. The van der Waals surface area contributed by atoms with E-state index in [1.165, 1.54) is 10.6 Å². The largest absolute Gasteiger partial charge is 0.325 e. The monoisotopic (exact) mass is 433 g/mol. The Labute approximate surface area is 175 Å². The maximum absolute atomic E-state index is 12.6. The molecule has 0 fully saturated rings. The lowest BCUT2D eigenvalue weighted by molar-refractivity contribution is 0.577. The molecule has 2 aromatic carbocycles. The Morgan fingerprint density at radius 3 is 2.61 bits per heavy atom. The topological polar surface area (TPSA) is 71.3 Å². The molecule has 1 aromatic heterocycles. The molecule has 0 saturated carbocycles. The van der Waals surface area contributed by atoms with E-state index < -0.39 is 6.17 Å². The minimum atomic E-state index is -0.616. The molecule has 1 atom stereocenters. The number of hydrogen-bond donors (Lipinski definition) is 2. The molecule has 2 N–H and O–H groups in total. The Balaban J connectivity index is 1.81. The van der Waals surface area contributed by atoms with Gasteiger partial charge in [-0.1, -0.05) is 53.0 Å². The van der Waals surface area contributed by atoms with Gasteiger partial charge in [-0.25, -0.2) is 9.98 Å². The van der Waals surface area contributed by atoms with Gasteiger partial charge in [-0.05, 0) is 36.8 Å². The summed E-state index contributed by atoms with van der Waals surface area (Å²) >= 11 is 18.4. The minimum absolute atomic E-state index is 0.210. The van der Waals surface area contributed by atoms with E-state index >= 15 is 0 Å². The summed E-state index contributed by atoms with van der Waals surface area (Å²) in [5.74, 6) is 0.766. The maximum Gasteiger partial charge on any atom is 0.257 e. The first-order valence-electron chi connectivity index (χ1n) is 8.34. The van der Waals surface area contributed by atoms with E-state index in [-0.39, 0.29) is 5.56 Å². The second-order valence-electron chi connectivity index (χ2n) is 6.18. The van der Waals surface area contributed by atoms with E-state index in [1.807, 2.05) is 12.1 Å². The average Bonchev–Trinajstić information content (AvgIpc) is 2.65. The van der Waals surface area contributed by atoms with Gasteiger partial charge in [0.15, 0.2) is 6.17 Å². The van der Waals surface area contributed by atoms with Crippen LogP contribution in [-0.4, -0.2) is 15.5 Å². The highest BCUT2D eigenvalue weighted by atomic mass is 35.5. The number of nitrogens with zero attached hydrogens (tertiary/aromatic N) is 3. The molecule has 3 aromatic rings. The third-order valence-corrected chi connectivity index (χ3v) is 5.25. The number of guanidine groups is 1. The van der Waals surface area contributed by atoms with Gasteiger partial charge in [0, 0.05) is 16.8 Å². The van der Waals surface area contributed by atoms with E-state index in [4.69, 9.17) is 34.8 Å². The van der Waals surface area contributed by atoms with Crippen LogP contribution in [0.1, 0.15) is 17.4 Å². The summed E-state index contributed by atoms with van der Waals surface area (Å²) in [6.45, 7) is 1.76. The van der Waals surface area contributed by atoms with Crippen molar-refractivity contribution < 1.29 is 0 Å². The van der Waals surface area contributed by atoms with Crippen molar-refractivity contribution in [2.75, 3.05) is 10.6 Å². The molecule has 0 unspecified atom stereocenters. The second kappa shape index (κ2) is 7.47. The van der Waals surface area contributed by atoms with Crippen molar-refractivity contribution in [3.63, 3.8) is 0 Å². The standard InChI is InChI=1S/C19H14Cl3N5O/c1-10-9-15(28)27-17(11-5-7-12(20)8-6-11)25-18(26-19(27)23-10)24-14-4-2-3-13(21)16(14)22/h2-9,17H,1H3,(H2,23,24,25,26)/t17-/m0/s1. The molecule has 9 heteroatoms. The number of aryl methyl sites for hydroxylation is 1. The third-order valence-electron chi connectivity index (χ3n) is 4.18. The molecule has 6 nitrogen and oxygen atoms in total. The summed E-state index contributed by atoms with van der Waals surface area (Å²) in [5.41, 5.74) is 1.76. The number of aromatic nitrogens is 2. The number of nitrogens with one attached hydrogen (secondary N) is 2. The van der Waals surface area contributed by atoms with Crippen LogP contribution in [0.15, 0.2) is 58.3 Å². The Kier molecular flexibility index (Phi) is 5.02. The number of rotatable bonds is 2. The van der Waals surface area contributed by atoms with Gasteiger partial charge < -0.3 is 5.32 Å². The summed E-state index contributed by atoms with van der Waals surface area (Å²) in [5, 5.41) is 7.56. The first-order chi connectivity index (χ1) is 13.4. The normalized spacial score (nSPS) is 15.4. The Hall–Kier alpha value is -2.54. The molecular formula is C19H14Cl3N5O. The minimum Gasteiger partial charge on any atom is -0.325 e. The first-order valence-corrected chi connectivity index (χ1v) is 9.47. The molecule has 0 aliphatic carbocycles. The van der Waals surface area contributed by atoms with E-state index in [1.54, 1.807) is 37.3 Å². The van der Waals surface area contributed by atoms with Gasteiger partial charge in [0.05, 0.1) is 15.7 Å². The predicted molar refractivity (Wildman–Crippen MR) is 114 cm³/mol. The van der Waals surface area contributed by atoms with Gasteiger partial charge in [-0.15, -0.1) is 0 Å². The van der Waals surface area contributed by atoms with Gasteiger partial charge in [0.1, 0.15) is 0 Å². The molecule has 0 amide bonds. The number of hydrogen-bond acceptors (Lipinski definition) is 5. The zero-order valence-corrected chi connectivity index (χ0v) is 16.8. The second-order valence-corrected chi connectivity index (χ2v) is 7.41. The van der Waals surface area contributed by atoms with Crippen molar-refractivity contribution in [1.29, 1.82) is 0 Å². The Morgan fingerprint density at radius 2 is 1.86 bits per heavy atom. The summed E-state index contributed by atoms with van der Waals surface area (Å²) in [6.07, 6.45) is -0.616. The summed E-state index contributed by atoms with van der Waals surface area (Å²) in [4.78, 5) is 21.7. The zero-order valence-electron chi connectivity index (χ0n) is 14.6. The molecule has 1 aliphatic heterocycles. The molecule has 28 heavy (non-hydrogen) atoms. The van der Waals surface area contributed by atoms with Gasteiger partial charge >= 0.3 is 0 Å². The summed E-state index contributed by atoms with van der Waals surface area (Å²) in [6, 6.07) is 13.9. The van der Waals surface area contributed by atoms with Crippen molar-refractivity contribution >= 4 is 52.4 Å². The molecule has 142 valence electrons. The van der Waals surface area contributed by atoms with Crippen LogP contribution in [0.4, 0.5) is 11.6 Å². The summed E-state index contributed by atoms with van der Waals surface area (Å²) in [7, 11) is 0. The molecular weight excluding hydrogens is 421 g/mol. The van der Waals surface area contributed by atoms with Crippen LogP contribution >= 0.6 is 34.8 Å². The van der Waals surface area contributed by atoms with Crippen LogP contribution in [0.3, 0.4) is 0 Å². The smallest absolute Gasteiger partial charge is 0.257 e. The number of halogens is 3. The number of aliphatic imine (C=N–C) groups is 1. The molecule has 0 bridgehead atoms. The molecule has 0 radical (unpaired) electrons. The Morgan fingerprint density at radius 1 is 1.11 bits per heavy atom. The van der Waals surface area contributed by atoms with Crippen molar-refractivity contribution in [3.05, 3.63) is 85.2 Å². The molecule has 2 heterocycles. The molecule has 4 rings (SSSR count). The van der Waals surface area contributed by atoms with Crippen LogP contribution in [0, 0.1) is 6.92 Å². The van der Waals surface area contributed by atoms with E-state index in [9.17, 15) is 4.79 Å². The van der Waals surface area contributed by atoms with Gasteiger partial charge in [0.2, 0.25) is 11.9 Å². The lowest BCUT2D eigenvalue weighted by Gasteiger charge is -2.27. The molecule has 0 spiro atoms. The van der Waals surface area contributed by atoms with Crippen molar-refractivity contribution in [3.8, 4) is 0 Å². The lowest BCUT2D eigenvalue weighted by Crippen LogP contribution is -2.37. The first kappa shape index (κ1) is 18.8. The number of benzene rings is 2. The van der Waals surface area contributed by atoms with Crippen molar-refractivity contribution in [2.45, 2.75) is 13.1 Å². The van der Waals surface area contributed by atoms with Crippen LogP contribution < -0.4 is 16.2 Å². The van der Waals surface area contributed by atoms with E-state index in [0.29, 0.717) is 38.4 Å². The fourth-order valence-corrected chi connectivity index (χ4v) is 3.37. The van der Waals surface area contributed by atoms with Crippen LogP contribution in [0.2, 0.25) is 15.1 Å². The lowest BCUT2D eigenvalue weighted by atomic mass is 10.1. The maximum atomic E-state index is 12.6. The summed E-state index contributed by atoms with van der Waals surface area (Å²) < 4.78 is 1.49. The predicted octanol–water partition coefficient (Wildman–Crippen LogP) is 4.95. The van der Waals surface area contributed by atoms with Gasteiger partial charge in [-0.2, -0.15) is 0 Å². The van der Waals surface area contributed by atoms with E-state index in [0.717, 1.165) is 5.56 Å².